The molecule has 20 heavy (non-hydrogen) atoms. The average Bonchev–Trinajstić information content (AvgIpc) is 2.37. The molecular weight excluding hydrogens is 335 g/mol. The summed E-state index contributed by atoms with van der Waals surface area (Å²) in [5, 5.41) is 0. The van der Waals surface area contributed by atoms with Crippen LogP contribution in [-0.2, 0) is 6.18 Å². The fraction of sp³-hybridized carbons (Fsp3) is 0.615. The number of aromatic nitrogens is 1. The van der Waals surface area contributed by atoms with Gasteiger partial charge in [0.2, 0.25) is 0 Å². The molecule has 0 saturated carbocycles. The lowest BCUT2D eigenvalue weighted by Gasteiger charge is -2.41. The van der Waals surface area contributed by atoms with Gasteiger partial charge < -0.3 is 10.6 Å². The molecule has 7 heteroatoms. The van der Waals surface area contributed by atoms with Gasteiger partial charge in [0, 0.05) is 29.8 Å². The first kappa shape index (κ1) is 15.6. The van der Waals surface area contributed by atoms with E-state index >= 15 is 0 Å². The molecule has 1 aliphatic rings. The number of piperidine rings is 1. The van der Waals surface area contributed by atoms with Crippen LogP contribution >= 0.6 is 15.9 Å². The molecule has 0 radical (unpaired) electrons. The predicted molar refractivity (Wildman–Crippen MR) is 75.5 cm³/mol. The normalized spacial score (nSPS) is 24.0. The second-order valence-electron chi connectivity index (χ2n) is 5.14. The second-order valence-corrected chi connectivity index (χ2v) is 6.05. The highest BCUT2D eigenvalue weighted by atomic mass is 79.9. The van der Waals surface area contributed by atoms with E-state index in [4.69, 9.17) is 5.73 Å². The minimum atomic E-state index is -4.42. The summed E-state index contributed by atoms with van der Waals surface area (Å²) in [5.74, 6) is 0.253. The third-order valence-corrected chi connectivity index (χ3v) is 4.20. The molecule has 112 valence electrons. The molecule has 0 aromatic carbocycles. The summed E-state index contributed by atoms with van der Waals surface area (Å²) in [4.78, 5) is 5.72. The van der Waals surface area contributed by atoms with Gasteiger partial charge in [0.25, 0.3) is 0 Å². The molecule has 1 aromatic heterocycles. The van der Waals surface area contributed by atoms with E-state index < -0.39 is 11.7 Å². The highest BCUT2D eigenvalue weighted by molar-refractivity contribution is 9.10. The standard InChI is InChI=1S/C13H17BrF3N3/c1-8-3-2-4-20(11(8)6-18)12-10(13(15,16)17)5-9(14)7-19-12/h5,7-8,11H,2-4,6,18H2,1H3. The summed E-state index contributed by atoms with van der Waals surface area (Å²) >= 11 is 3.05. The Morgan fingerprint density at radius 3 is 2.80 bits per heavy atom. The second kappa shape index (κ2) is 5.89. The number of halogens is 4. The molecule has 1 fully saturated rings. The first-order chi connectivity index (χ1) is 9.34. The van der Waals surface area contributed by atoms with E-state index in [1.165, 1.54) is 6.20 Å². The number of hydrogen-bond donors (Lipinski definition) is 1. The summed E-state index contributed by atoms with van der Waals surface area (Å²) in [6, 6.07) is 0.980. The van der Waals surface area contributed by atoms with Gasteiger partial charge in [-0.2, -0.15) is 13.2 Å². The molecule has 1 aromatic rings. The van der Waals surface area contributed by atoms with Crippen LogP contribution in [0.5, 0.6) is 0 Å². The number of alkyl halides is 3. The molecule has 2 heterocycles. The van der Waals surface area contributed by atoms with Crippen LogP contribution < -0.4 is 10.6 Å². The summed E-state index contributed by atoms with van der Waals surface area (Å²) < 4.78 is 39.9. The lowest BCUT2D eigenvalue weighted by atomic mass is 9.90. The molecule has 0 spiro atoms. The first-order valence-electron chi connectivity index (χ1n) is 6.54. The van der Waals surface area contributed by atoms with Crippen LogP contribution in [0.25, 0.3) is 0 Å². The molecule has 3 nitrogen and oxygen atoms in total. The van der Waals surface area contributed by atoms with Crippen molar-refractivity contribution in [3.8, 4) is 0 Å². The van der Waals surface area contributed by atoms with Crippen molar-refractivity contribution in [2.24, 2.45) is 11.7 Å². The summed E-state index contributed by atoms with van der Waals surface area (Å²) in [5.41, 5.74) is 5.04. The molecule has 2 N–H and O–H groups in total. The molecular formula is C13H17BrF3N3. The Balaban J connectivity index is 2.45. The Hall–Kier alpha value is -0.820. The van der Waals surface area contributed by atoms with Crippen LogP contribution in [0.3, 0.4) is 0 Å². The smallest absolute Gasteiger partial charge is 0.352 e. The highest BCUT2D eigenvalue weighted by Crippen LogP contribution is 2.39. The van der Waals surface area contributed by atoms with E-state index in [-0.39, 0.29) is 17.8 Å². The largest absolute Gasteiger partial charge is 0.419 e. The molecule has 1 saturated heterocycles. The number of nitrogens with two attached hydrogens (primary N) is 1. The Morgan fingerprint density at radius 1 is 1.50 bits per heavy atom. The van der Waals surface area contributed by atoms with Crippen LogP contribution in [0.4, 0.5) is 19.0 Å². The van der Waals surface area contributed by atoms with Crippen molar-refractivity contribution in [3.63, 3.8) is 0 Å². The van der Waals surface area contributed by atoms with Crippen molar-refractivity contribution in [1.29, 1.82) is 0 Å². The van der Waals surface area contributed by atoms with Gasteiger partial charge in [-0.3, -0.25) is 0 Å². The summed E-state index contributed by atoms with van der Waals surface area (Å²) in [6.45, 7) is 2.91. The minimum Gasteiger partial charge on any atom is -0.352 e. The maximum atomic E-state index is 13.2. The Morgan fingerprint density at radius 2 is 2.20 bits per heavy atom. The van der Waals surface area contributed by atoms with Crippen molar-refractivity contribution in [1.82, 2.24) is 4.98 Å². The Bertz CT molecular complexity index is 478. The monoisotopic (exact) mass is 351 g/mol. The van der Waals surface area contributed by atoms with Gasteiger partial charge in [-0.1, -0.05) is 6.92 Å². The topological polar surface area (TPSA) is 42.2 Å². The van der Waals surface area contributed by atoms with E-state index in [0.717, 1.165) is 18.9 Å². The third kappa shape index (κ3) is 3.09. The Kier molecular flexibility index (Phi) is 4.59. The van der Waals surface area contributed by atoms with Gasteiger partial charge in [-0.15, -0.1) is 0 Å². The number of rotatable bonds is 2. The number of hydrogen-bond acceptors (Lipinski definition) is 3. The van der Waals surface area contributed by atoms with Crippen LogP contribution in [0.1, 0.15) is 25.3 Å². The quantitative estimate of drug-likeness (QED) is 0.887. The molecule has 0 bridgehead atoms. The van der Waals surface area contributed by atoms with E-state index in [0.29, 0.717) is 17.6 Å². The van der Waals surface area contributed by atoms with Gasteiger partial charge >= 0.3 is 6.18 Å². The molecule has 2 unspecified atom stereocenters. The molecule has 2 atom stereocenters. The van der Waals surface area contributed by atoms with Crippen LogP contribution in [0.15, 0.2) is 16.7 Å². The highest BCUT2D eigenvalue weighted by Gasteiger charge is 2.39. The molecule has 2 rings (SSSR count). The van der Waals surface area contributed by atoms with Gasteiger partial charge in [0.05, 0.1) is 5.56 Å². The lowest BCUT2D eigenvalue weighted by Crippen LogP contribution is -2.49. The van der Waals surface area contributed by atoms with E-state index in [2.05, 4.69) is 20.9 Å². The zero-order valence-electron chi connectivity index (χ0n) is 11.1. The van der Waals surface area contributed by atoms with Gasteiger partial charge in [-0.05, 0) is 40.8 Å². The van der Waals surface area contributed by atoms with Gasteiger partial charge in [0.1, 0.15) is 5.82 Å². The maximum Gasteiger partial charge on any atom is 0.419 e. The minimum absolute atomic E-state index is 0.0114. The van der Waals surface area contributed by atoms with Crippen molar-refractivity contribution in [2.45, 2.75) is 32.0 Å². The third-order valence-electron chi connectivity index (χ3n) is 3.77. The van der Waals surface area contributed by atoms with Gasteiger partial charge in [-0.25, -0.2) is 4.98 Å². The fourth-order valence-corrected chi connectivity index (χ4v) is 3.07. The van der Waals surface area contributed by atoms with Crippen molar-refractivity contribution >= 4 is 21.7 Å². The zero-order valence-corrected chi connectivity index (χ0v) is 12.7. The molecule has 1 aliphatic heterocycles. The van der Waals surface area contributed by atoms with Crippen molar-refractivity contribution < 1.29 is 13.2 Å². The molecule has 0 aliphatic carbocycles. The van der Waals surface area contributed by atoms with E-state index in [9.17, 15) is 13.2 Å². The van der Waals surface area contributed by atoms with Crippen molar-refractivity contribution in [2.75, 3.05) is 18.0 Å². The first-order valence-corrected chi connectivity index (χ1v) is 7.33. The number of nitrogens with zero attached hydrogens (tertiary/aromatic N) is 2. The maximum absolute atomic E-state index is 13.2. The number of pyridine rings is 1. The van der Waals surface area contributed by atoms with Crippen LogP contribution in [0.2, 0.25) is 0 Å². The lowest BCUT2D eigenvalue weighted by molar-refractivity contribution is -0.137. The predicted octanol–water partition coefficient (Wildman–Crippen LogP) is 3.43. The van der Waals surface area contributed by atoms with E-state index in [1.807, 2.05) is 6.92 Å². The van der Waals surface area contributed by atoms with Gasteiger partial charge in [0.15, 0.2) is 0 Å². The average molecular weight is 352 g/mol. The Labute approximate surface area is 124 Å². The fourth-order valence-electron chi connectivity index (χ4n) is 2.74. The number of anilines is 1. The van der Waals surface area contributed by atoms with Crippen LogP contribution in [-0.4, -0.2) is 24.1 Å². The summed E-state index contributed by atoms with van der Waals surface area (Å²) in [6.07, 6.45) is -1.19. The van der Waals surface area contributed by atoms with Crippen LogP contribution in [0, 0.1) is 5.92 Å². The van der Waals surface area contributed by atoms with Crippen molar-refractivity contribution in [3.05, 3.63) is 22.3 Å². The molecule has 0 amide bonds. The zero-order chi connectivity index (χ0) is 14.9. The summed E-state index contributed by atoms with van der Waals surface area (Å²) in [7, 11) is 0. The van der Waals surface area contributed by atoms with E-state index in [1.54, 1.807) is 4.90 Å². The SMILES string of the molecule is CC1CCCN(c2ncc(Br)cc2C(F)(F)F)C1CN.